The lowest BCUT2D eigenvalue weighted by Gasteiger charge is -2.33. The Morgan fingerprint density at radius 2 is 2.06 bits per heavy atom. The summed E-state index contributed by atoms with van der Waals surface area (Å²) in [6.45, 7) is 4.07. The van der Waals surface area contributed by atoms with Crippen LogP contribution in [0.2, 0.25) is 0 Å². The lowest BCUT2D eigenvalue weighted by atomic mass is 9.94. The number of aliphatic imine (C=N–C) groups is 1. The summed E-state index contributed by atoms with van der Waals surface area (Å²) in [7, 11) is 1.56. The van der Waals surface area contributed by atoms with Crippen LogP contribution in [0.1, 0.15) is 31.0 Å². The maximum Gasteiger partial charge on any atom is 0.338 e. The van der Waals surface area contributed by atoms with Crippen LogP contribution >= 0.6 is 11.8 Å². The number of nitrogens with zero attached hydrogens (tertiary/aromatic N) is 2. The van der Waals surface area contributed by atoms with Gasteiger partial charge in [0.25, 0.3) is 0 Å². The largest absolute Gasteiger partial charge is 0.493 e. The molecule has 0 saturated heterocycles. The number of fused-ring (bicyclic) bond motifs is 1. The molecule has 2 aliphatic rings. The Kier molecular flexibility index (Phi) is 6.50. The highest BCUT2D eigenvalue weighted by atomic mass is 32.2. The second-order valence-electron chi connectivity index (χ2n) is 7.16. The van der Waals surface area contributed by atoms with E-state index in [-0.39, 0.29) is 19.0 Å². The minimum atomic E-state index is -0.404. The van der Waals surface area contributed by atoms with E-state index in [1.165, 1.54) is 23.9 Å². The number of amidine groups is 1. The van der Waals surface area contributed by atoms with Crippen LogP contribution in [-0.2, 0) is 16.1 Å². The Hall–Kier alpha value is -3.26. The molecule has 6 nitrogen and oxygen atoms in total. The van der Waals surface area contributed by atoms with Gasteiger partial charge in [0.2, 0.25) is 0 Å². The van der Waals surface area contributed by atoms with Gasteiger partial charge in [0.15, 0.2) is 16.7 Å². The number of allylic oxidation sites excluding steroid dienone is 1. The van der Waals surface area contributed by atoms with Crippen LogP contribution in [0.4, 0.5) is 4.39 Å². The summed E-state index contributed by atoms with van der Waals surface area (Å²) in [5.74, 6) is 0.330. The van der Waals surface area contributed by atoms with Gasteiger partial charge in [-0.05, 0) is 54.6 Å². The molecule has 0 saturated carbocycles. The first-order valence-electron chi connectivity index (χ1n) is 10.1. The van der Waals surface area contributed by atoms with E-state index in [1.54, 1.807) is 32.2 Å². The molecule has 0 aromatic heterocycles. The van der Waals surface area contributed by atoms with Crippen molar-refractivity contribution < 1.29 is 23.4 Å². The van der Waals surface area contributed by atoms with E-state index < -0.39 is 12.0 Å². The van der Waals surface area contributed by atoms with E-state index in [2.05, 4.69) is 4.99 Å². The summed E-state index contributed by atoms with van der Waals surface area (Å²) in [6.07, 6.45) is 1.90. The fourth-order valence-electron chi connectivity index (χ4n) is 3.66. The van der Waals surface area contributed by atoms with E-state index in [1.807, 2.05) is 35.6 Å². The van der Waals surface area contributed by atoms with Crippen LogP contribution < -0.4 is 9.47 Å². The molecule has 0 radical (unpaired) electrons. The van der Waals surface area contributed by atoms with Crippen LogP contribution in [0.5, 0.6) is 11.5 Å². The minimum absolute atomic E-state index is 0.201. The van der Waals surface area contributed by atoms with Gasteiger partial charge in [-0.15, -0.1) is 0 Å². The molecule has 0 amide bonds. The summed E-state index contributed by atoms with van der Waals surface area (Å²) in [5, 5.41) is 2.73. The van der Waals surface area contributed by atoms with Crippen molar-refractivity contribution in [3.05, 3.63) is 82.3 Å². The van der Waals surface area contributed by atoms with Gasteiger partial charge in [-0.3, -0.25) is 0 Å². The molecule has 2 aromatic rings. The Balaban J connectivity index is 1.66. The Morgan fingerprint density at radius 3 is 2.81 bits per heavy atom. The second-order valence-corrected chi connectivity index (χ2v) is 8.03. The van der Waals surface area contributed by atoms with Crippen molar-refractivity contribution in [1.29, 1.82) is 0 Å². The molecular weight excluding hydrogens is 431 g/mol. The third-order valence-corrected chi connectivity index (χ3v) is 5.87. The quantitative estimate of drug-likeness (QED) is 0.537. The van der Waals surface area contributed by atoms with Crippen LogP contribution in [0.15, 0.2) is 70.3 Å². The van der Waals surface area contributed by atoms with Crippen LogP contribution in [0.3, 0.4) is 0 Å². The normalized spacial score (nSPS) is 17.2. The molecule has 0 bridgehead atoms. The molecule has 1 atom stereocenters. The van der Waals surface area contributed by atoms with E-state index in [4.69, 9.17) is 14.2 Å². The monoisotopic (exact) mass is 454 g/mol. The summed E-state index contributed by atoms with van der Waals surface area (Å²) in [5.41, 5.74) is 2.66. The first kappa shape index (κ1) is 22.0. The van der Waals surface area contributed by atoms with E-state index in [0.717, 1.165) is 10.7 Å². The molecule has 2 heterocycles. The van der Waals surface area contributed by atoms with Gasteiger partial charge in [-0.2, -0.15) is 0 Å². The van der Waals surface area contributed by atoms with Gasteiger partial charge >= 0.3 is 5.97 Å². The smallest absolute Gasteiger partial charge is 0.338 e. The number of methoxy groups -OCH3 is 1. The lowest BCUT2D eigenvalue weighted by Crippen LogP contribution is -2.34. The second kappa shape index (κ2) is 9.48. The standard InChI is InChI=1S/C24H23FN2O4S/c1-4-30-23(28)21-15(2)26-24-27(10-11-32-24)22(21)17-8-9-19(20(13-17)29-3)31-14-16-6-5-7-18(25)12-16/h5-13,22H,4,14H2,1-3H3/t22-/m1/s1. The minimum Gasteiger partial charge on any atom is -0.493 e. The third-order valence-electron chi connectivity index (χ3n) is 5.10. The van der Waals surface area contributed by atoms with Crippen LogP contribution in [0, 0.1) is 5.82 Å². The molecule has 0 fully saturated rings. The van der Waals surface area contributed by atoms with E-state index in [0.29, 0.717) is 28.3 Å². The molecule has 166 valence electrons. The number of hydrogen-bond acceptors (Lipinski definition) is 7. The van der Waals surface area contributed by atoms with Crippen molar-refractivity contribution in [2.45, 2.75) is 26.5 Å². The molecule has 0 unspecified atom stereocenters. The van der Waals surface area contributed by atoms with Gasteiger partial charge in [0.1, 0.15) is 12.4 Å². The summed E-state index contributed by atoms with van der Waals surface area (Å²) >= 11 is 1.50. The number of rotatable bonds is 7. The molecular formula is C24H23FN2O4S. The van der Waals surface area contributed by atoms with Crippen molar-refractivity contribution in [2.24, 2.45) is 4.99 Å². The highest BCUT2D eigenvalue weighted by Crippen LogP contribution is 2.43. The van der Waals surface area contributed by atoms with E-state index >= 15 is 0 Å². The van der Waals surface area contributed by atoms with Crippen molar-refractivity contribution in [3.63, 3.8) is 0 Å². The Labute approximate surface area is 190 Å². The molecule has 32 heavy (non-hydrogen) atoms. The van der Waals surface area contributed by atoms with Crippen LogP contribution in [0.25, 0.3) is 0 Å². The van der Waals surface area contributed by atoms with Gasteiger partial charge in [-0.25, -0.2) is 14.2 Å². The maximum absolute atomic E-state index is 13.4. The fourth-order valence-corrected chi connectivity index (χ4v) is 4.45. The Bertz CT molecular complexity index is 1130. The fraction of sp³-hybridized carbons (Fsp3) is 0.250. The highest BCUT2D eigenvalue weighted by molar-refractivity contribution is 8.16. The average molecular weight is 455 g/mol. The molecule has 2 aromatic carbocycles. The SMILES string of the molecule is CCOC(=O)C1=C(C)N=C2SC=CN2[C@@H]1c1ccc(OCc2cccc(F)c2)c(OC)c1. The number of carbonyl (C=O) groups excluding carboxylic acids is 1. The Morgan fingerprint density at radius 1 is 1.22 bits per heavy atom. The zero-order valence-corrected chi connectivity index (χ0v) is 18.8. The van der Waals surface area contributed by atoms with Crippen molar-refractivity contribution in [2.75, 3.05) is 13.7 Å². The third kappa shape index (κ3) is 4.36. The average Bonchev–Trinajstić information content (AvgIpc) is 3.25. The van der Waals surface area contributed by atoms with Gasteiger partial charge in [-0.1, -0.05) is 30.0 Å². The van der Waals surface area contributed by atoms with Crippen molar-refractivity contribution >= 4 is 22.9 Å². The first-order chi connectivity index (χ1) is 15.5. The number of hydrogen-bond donors (Lipinski definition) is 0. The predicted molar refractivity (Wildman–Crippen MR) is 122 cm³/mol. The van der Waals surface area contributed by atoms with E-state index in [9.17, 15) is 9.18 Å². The van der Waals surface area contributed by atoms with Crippen molar-refractivity contribution in [3.8, 4) is 11.5 Å². The van der Waals surface area contributed by atoms with Crippen molar-refractivity contribution in [1.82, 2.24) is 4.90 Å². The summed E-state index contributed by atoms with van der Waals surface area (Å²) in [6, 6.07) is 11.4. The van der Waals surface area contributed by atoms with Gasteiger partial charge < -0.3 is 19.1 Å². The molecule has 8 heteroatoms. The molecule has 0 spiro atoms. The summed E-state index contributed by atoms with van der Waals surface area (Å²) < 4.78 is 30.2. The van der Waals surface area contributed by atoms with Gasteiger partial charge in [0.05, 0.1) is 31.0 Å². The first-order valence-corrected chi connectivity index (χ1v) is 11.0. The van der Waals surface area contributed by atoms with Gasteiger partial charge in [0, 0.05) is 6.20 Å². The zero-order valence-electron chi connectivity index (χ0n) is 18.0. The molecule has 0 aliphatic carbocycles. The number of benzene rings is 2. The highest BCUT2D eigenvalue weighted by Gasteiger charge is 2.37. The number of halogens is 1. The number of carbonyl (C=O) groups is 1. The molecule has 2 aliphatic heterocycles. The number of esters is 1. The predicted octanol–water partition coefficient (Wildman–Crippen LogP) is 5.18. The number of ether oxygens (including phenoxy) is 3. The summed E-state index contributed by atoms with van der Waals surface area (Å²) in [4.78, 5) is 19.3. The zero-order chi connectivity index (χ0) is 22.7. The molecule has 0 N–H and O–H groups in total. The van der Waals surface area contributed by atoms with Crippen LogP contribution in [-0.4, -0.2) is 29.8 Å². The number of thioether (sulfide) groups is 1. The maximum atomic E-state index is 13.4. The lowest BCUT2D eigenvalue weighted by molar-refractivity contribution is -0.139. The topological polar surface area (TPSA) is 60.4 Å². The molecule has 4 rings (SSSR count).